The summed E-state index contributed by atoms with van der Waals surface area (Å²) in [6.45, 7) is -0.0564. The number of carbonyl (C=O) groups excluding carboxylic acids is 1. The molecule has 0 saturated heterocycles. The van der Waals surface area contributed by atoms with Crippen LogP contribution in [0.1, 0.15) is 10.5 Å². The van der Waals surface area contributed by atoms with E-state index < -0.39 is 27.4 Å². The largest absolute Gasteiger partial charge is 0.350 e. The van der Waals surface area contributed by atoms with Crippen molar-refractivity contribution in [2.24, 2.45) is 0 Å². The van der Waals surface area contributed by atoms with Gasteiger partial charge in [0.1, 0.15) is 15.5 Å². The topological polar surface area (TPSA) is 89.0 Å². The number of halogens is 2. The highest BCUT2D eigenvalue weighted by Crippen LogP contribution is 2.29. The van der Waals surface area contributed by atoms with Crippen LogP contribution in [0.3, 0.4) is 0 Å². The van der Waals surface area contributed by atoms with Crippen LogP contribution in [-0.2, 0) is 9.84 Å². The lowest BCUT2D eigenvalue weighted by Gasteiger charge is -2.09. The molecule has 140 valence electrons. The Bertz CT molecular complexity index is 1130. The van der Waals surface area contributed by atoms with E-state index in [1.807, 2.05) is 0 Å². The molecule has 1 aromatic carbocycles. The number of hydrogen-bond donors (Lipinski definition) is 1. The molecule has 3 aromatic rings. The molecule has 0 aliphatic rings. The van der Waals surface area contributed by atoms with E-state index in [2.05, 4.69) is 15.3 Å². The maximum absolute atomic E-state index is 14.2. The molecule has 27 heavy (non-hydrogen) atoms. The fourth-order valence-corrected chi connectivity index (χ4v) is 2.99. The van der Waals surface area contributed by atoms with E-state index in [9.17, 15) is 22.0 Å². The summed E-state index contributed by atoms with van der Waals surface area (Å²) in [5.41, 5.74) is 0.538. The number of amides is 1. The lowest BCUT2D eigenvalue weighted by molar-refractivity contribution is 0.0951. The van der Waals surface area contributed by atoms with Crippen LogP contribution in [0.25, 0.3) is 22.0 Å². The average molecular weight is 391 g/mol. The van der Waals surface area contributed by atoms with Gasteiger partial charge in [-0.2, -0.15) is 0 Å². The van der Waals surface area contributed by atoms with Gasteiger partial charge in [0.05, 0.1) is 11.3 Å². The fourth-order valence-electron chi connectivity index (χ4n) is 2.52. The van der Waals surface area contributed by atoms with Crippen molar-refractivity contribution in [2.45, 2.75) is 0 Å². The van der Waals surface area contributed by atoms with Crippen molar-refractivity contribution >= 4 is 26.6 Å². The molecule has 9 heteroatoms. The van der Waals surface area contributed by atoms with Gasteiger partial charge in [0.15, 0.2) is 11.6 Å². The lowest BCUT2D eigenvalue weighted by atomic mass is 10.0. The normalized spacial score (nSPS) is 11.5. The Hall–Kier alpha value is -2.94. The first kappa shape index (κ1) is 18.8. The third-order valence-corrected chi connectivity index (χ3v) is 4.78. The van der Waals surface area contributed by atoms with E-state index in [0.717, 1.165) is 12.3 Å². The zero-order chi connectivity index (χ0) is 19.6. The third-order valence-electron chi connectivity index (χ3n) is 3.83. The van der Waals surface area contributed by atoms with Crippen LogP contribution < -0.4 is 5.32 Å². The van der Waals surface area contributed by atoms with Crippen LogP contribution in [0.15, 0.2) is 42.7 Å². The highest BCUT2D eigenvalue weighted by molar-refractivity contribution is 7.90. The van der Waals surface area contributed by atoms with E-state index in [1.54, 1.807) is 6.07 Å². The molecule has 6 nitrogen and oxygen atoms in total. The van der Waals surface area contributed by atoms with Gasteiger partial charge >= 0.3 is 0 Å². The van der Waals surface area contributed by atoms with E-state index in [1.165, 1.54) is 30.6 Å². The van der Waals surface area contributed by atoms with Gasteiger partial charge in [0.25, 0.3) is 5.91 Å². The van der Waals surface area contributed by atoms with Crippen molar-refractivity contribution in [3.63, 3.8) is 0 Å². The molecule has 0 fully saturated rings. The SMILES string of the molecule is CS(=O)(=O)CCNC(=O)c1ccc2cncc(-c3cccc(F)c3F)c2n1. The Morgan fingerprint density at radius 3 is 2.63 bits per heavy atom. The van der Waals surface area contributed by atoms with Crippen molar-refractivity contribution in [1.29, 1.82) is 0 Å². The van der Waals surface area contributed by atoms with Gasteiger partial charge in [-0.25, -0.2) is 22.2 Å². The smallest absolute Gasteiger partial charge is 0.269 e. The molecule has 0 aliphatic carbocycles. The minimum absolute atomic E-state index is 0.0183. The molecule has 0 spiro atoms. The summed E-state index contributed by atoms with van der Waals surface area (Å²) >= 11 is 0. The number of pyridine rings is 2. The quantitative estimate of drug-likeness (QED) is 0.721. The zero-order valence-electron chi connectivity index (χ0n) is 14.2. The Morgan fingerprint density at radius 1 is 1.11 bits per heavy atom. The van der Waals surface area contributed by atoms with E-state index >= 15 is 0 Å². The van der Waals surface area contributed by atoms with E-state index in [4.69, 9.17) is 0 Å². The summed E-state index contributed by atoms with van der Waals surface area (Å²) < 4.78 is 50.1. The highest BCUT2D eigenvalue weighted by Gasteiger charge is 2.16. The van der Waals surface area contributed by atoms with Crippen LogP contribution in [0, 0.1) is 11.6 Å². The molecule has 0 unspecified atom stereocenters. The predicted octanol–water partition coefficient (Wildman–Crippen LogP) is 2.35. The van der Waals surface area contributed by atoms with Gasteiger partial charge in [-0.15, -0.1) is 0 Å². The maximum atomic E-state index is 14.2. The first-order valence-corrected chi connectivity index (χ1v) is 9.97. The van der Waals surface area contributed by atoms with Gasteiger partial charge in [-0.05, 0) is 18.2 Å². The zero-order valence-corrected chi connectivity index (χ0v) is 15.1. The Morgan fingerprint density at radius 2 is 1.89 bits per heavy atom. The number of benzene rings is 1. The number of carbonyl (C=O) groups is 1. The van der Waals surface area contributed by atoms with Crippen molar-refractivity contribution < 1.29 is 22.0 Å². The molecule has 0 atom stereocenters. The number of aromatic nitrogens is 2. The molecule has 1 N–H and O–H groups in total. The van der Waals surface area contributed by atoms with Gasteiger partial charge in [0.2, 0.25) is 0 Å². The average Bonchev–Trinajstić information content (AvgIpc) is 2.62. The first-order valence-electron chi connectivity index (χ1n) is 7.91. The standard InChI is InChI=1S/C18H15F2N3O3S/c1-27(25,26)8-7-22-18(24)15-6-5-11-9-21-10-13(17(11)23-15)12-3-2-4-14(19)16(12)20/h2-6,9-10H,7-8H2,1H3,(H,22,24). The maximum Gasteiger partial charge on any atom is 0.269 e. The van der Waals surface area contributed by atoms with Gasteiger partial charge < -0.3 is 5.32 Å². The molecular weight excluding hydrogens is 376 g/mol. The summed E-state index contributed by atoms with van der Waals surface area (Å²) in [6.07, 6.45) is 3.91. The third kappa shape index (κ3) is 4.25. The first-order chi connectivity index (χ1) is 12.8. The molecule has 0 bridgehead atoms. The predicted molar refractivity (Wildman–Crippen MR) is 96.9 cm³/mol. The van der Waals surface area contributed by atoms with Gasteiger partial charge in [-0.3, -0.25) is 9.78 Å². The number of rotatable bonds is 5. The monoisotopic (exact) mass is 391 g/mol. The number of hydrogen-bond acceptors (Lipinski definition) is 5. The summed E-state index contributed by atoms with van der Waals surface area (Å²) in [7, 11) is -3.21. The van der Waals surface area contributed by atoms with Crippen LogP contribution in [0.4, 0.5) is 8.78 Å². The summed E-state index contributed by atoms with van der Waals surface area (Å²) in [6, 6.07) is 6.81. The number of fused-ring (bicyclic) bond motifs is 1. The molecule has 0 radical (unpaired) electrons. The fraction of sp³-hybridized carbons (Fsp3) is 0.167. The van der Waals surface area contributed by atoms with Gasteiger partial charge in [0, 0.05) is 41.7 Å². The molecule has 0 aliphatic heterocycles. The summed E-state index contributed by atoms with van der Waals surface area (Å²) in [5, 5.41) is 3.01. The number of nitrogens with zero attached hydrogens (tertiary/aromatic N) is 2. The minimum atomic E-state index is -3.21. The highest BCUT2D eigenvalue weighted by atomic mass is 32.2. The molecule has 1 amide bonds. The summed E-state index contributed by atoms with van der Waals surface area (Å²) in [4.78, 5) is 20.5. The second-order valence-corrected chi connectivity index (χ2v) is 8.20. The molecule has 0 saturated carbocycles. The van der Waals surface area contributed by atoms with Crippen LogP contribution in [0.5, 0.6) is 0 Å². The van der Waals surface area contributed by atoms with Crippen LogP contribution >= 0.6 is 0 Å². The van der Waals surface area contributed by atoms with Crippen molar-refractivity contribution in [3.05, 3.63) is 60.1 Å². The Balaban J connectivity index is 1.99. The Kier molecular flexibility index (Phi) is 5.13. The number of sulfone groups is 1. The second-order valence-electron chi connectivity index (χ2n) is 5.94. The molecule has 2 aromatic heterocycles. The minimum Gasteiger partial charge on any atom is -0.350 e. The molecular formula is C18H15F2N3O3S. The Labute approximate surface area is 154 Å². The lowest BCUT2D eigenvalue weighted by Crippen LogP contribution is -2.29. The van der Waals surface area contributed by atoms with Crippen molar-refractivity contribution in [3.8, 4) is 11.1 Å². The van der Waals surface area contributed by atoms with Crippen LogP contribution in [-0.4, -0.2) is 42.8 Å². The second kappa shape index (κ2) is 7.36. The van der Waals surface area contributed by atoms with Crippen LogP contribution in [0.2, 0.25) is 0 Å². The van der Waals surface area contributed by atoms with Gasteiger partial charge in [-0.1, -0.05) is 12.1 Å². The van der Waals surface area contributed by atoms with Crippen molar-refractivity contribution in [1.82, 2.24) is 15.3 Å². The molecule has 3 rings (SSSR count). The van der Waals surface area contributed by atoms with E-state index in [-0.39, 0.29) is 34.6 Å². The van der Waals surface area contributed by atoms with E-state index in [0.29, 0.717) is 5.39 Å². The summed E-state index contributed by atoms with van der Waals surface area (Å²) in [5.74, 6) is -2.80. The number of nitrogens with one attached hydrogen (secondary N) is 1. The molecule has 2 heterocycles. The van der Waals surface area contributed by atoms with Crippen molar-refractivity contribution in [2.75, 3.05) is 18.6 Å².